The fraction of sp³-hybridized carbons (Fsp3) is 0.417. The van der Waals surface area contributed by atoms with Crippen LogP contribution < -0.4 is 15.4 Å². The average Bonchev–Trinajstić information content (AvgIpc) is 3.06. The Morgan fingerprint density at radius 3 is 2.49 bits per heavy atom. The highest BCUT2D eigenvalue weighted by molar-refractivity contribution is 6.04. The molecule has 246 valence electrons. The molecule has 4 heterocycles. The first-order chi connectivity index (χ1) is 22.6. The van der Waals surface area contributed by atoms with E-state index in [-0.39, 0.29) is 18.2 Å². The van der Waals surface area contributed by atoms with Crippen molar-refractivity contribution in [2.45, 2.75) is 71.4 Å². The lowest BCUT2D eigenvalue weighted by atomic mass is 10.0. The van der Waals surface area contributed by atoms with Crippen molar-refractivity contribution in [1.82, 2.24) is 24.8 Å². The molecule has 0 radical (unpaired) electrons. The zero-order chi connectivity index (χ0) is 33.0. The van der Waals surface area contributed by atoms with E-state index in [0.717, 1.165) is 67.2 Å². The second-order valence-electron chi connectivity index (χ2n) is 13.2. The molecule has 2 N–H and O–H groups in total. The van der Waals surface area contributed by atoms with Crippen molar-refractivity contribution in [2.75, 3.05) is 36.8 Å². The van der Waals surface area contributed by atoms with Crippen LogP contribution in [0.15, 0.2) is 60.9 Å². The molecule has 0 unspecified atom stereocenters. The fourth-order valence-electron chi connectivity index (χ4n) is 6.09. The number of aryl methyl sites for hydroxylation is 1. The standard InChI is InChI=1S/C36H43N7O4/c1-24-15-16-26-27(12-8-14-29(26)41-34(44)42-20-6-5-7-21-42)31(24)46-32-28(13-9-18-37-32)30-17-19-38-33(40-30)39-25-11-10-22-43(23-25)35(45)47-36(2,3)4/h8-9,12-19,25H,5-7,10-11,20-23H2,1-4H3,(H,41,44)(H,38,39,40)/t25-/m0/s1. The Morgan fingerprint density at radius 1 is 0.872 bits per heavy atom. The molecule has 4 aromatic rings. The Labute approximate surface area is 275 Å². The van der Waals surface area contributed by atoms with Crippen molar-refractivity contribution in [2.24, 2.45) is 0 Å². The summed E-state index contributed by atoms with van der Waals surface area (Å²) in [5, 5.41) is 8.30. The molecule has 0 spiro atoms. The number of hydrogen-bond donors (Lipinski definition) is 2. The molecule has 11 heteroatoms. The molecule has 2 fully saturated rings. The van der Waals surface area contributed by atoms with Gasteiger partial charge in [-0.3, -0.25) is 0 Å². The number of piperidine rings is 2. The van der Waals surface area contributed by atoms with Crippen molar-refractivity contribution in [3.8, 4) is 22.9 Å². The third-order valence-electron chi connectivity index (χ3n) is 8.40. The summed E-state index contributed by atoms with van der Waals surface area (Å²) in [5.74, 6) is 1.53. The van der Waals surface area contributed by atoms with E-state index in [1.807, 2.05) is 81.1 Å². The normalized spacial score (nSPS) is 16.9. The second kappa shape index (κ2) is 13.8. The number of fused-ring (bicyclic) bond motifs is 1. The number of benzene rings is 2. The SMILES string of the molecule is Cc1ccc2c(NC(=O)N3CCCCC3)cccc2c1Oc1ncccc1-c1ccnc(N[C@H]2CCCN(C(=O)OC(C)(C)C)C2)n1. The van der Waals surface area contributed by atoms with Crippen molar-refractivity contribution >= 4 is 34.5 Å². The Morgan fingerprint density at radius 2 is 1.68 bits per heavy atom. The lowest BCUT2D eigenvalue weighted by Gasteiger charge is -2.34. The molecule has 0 bridgehead atoms. The van der Waals surface area contributed by atoms with E-state index >= 15 is 0 Å². The Kier molecular flexibility index (Phi) is 9.42. The summed E-state index contributed by atoms with van der Waals surface area (Å²) in [5.41, 5.74) is 2.49. The highest BCUT2D eigenvalue weighted by Crippen LogP contribution is 2.38. The van der Waals surface area contributed by atoms with Crippen LogP contribution in [0.25, 0.3) is 22.0 Å². The molecule has 6 rings (SSSR count). The lowest BCUT2D eigenvalue weighted by Crippen LogP contribution is -2.47. The number of amides is 3. The van der Waals surface area contributed by atoms with Crippen LogP contribution in [0.1, 0.15) is 58.4 Å². The van der Waals surface area contributed by atoms with Gasteiger partial charge in [0, 0.05) is 55.4 Å². The van der Waals surface area contributed by atoms with E-state index in [4.69, 9.17) is 14.5 Å². The summed E-state index contributed by atoms with van der Waals surface area (Å²) in [4.78, 5) is 43.2. The maximum absolute atomic E-state index is 13.0. The van der Waals surface area contributed by atoms with E-state index < -0.39 is 5.60 Å². The van der Waals surface area contributed by atoms with Gasteiger partial charge in [-0.15, -0.1) is 0 Å². The van der Waals surface area contributed by atoms with Gasteiger partial charge in [0.05, 0.1) is 16.9 Å². The second-order valence-corrected chi connectivity index (χ2v) is 13.2. The molecule has 2 aliphatic rings. The van der Waals surface area contributed by atoms with Gasteiger partial charge >= 0.3 is 12.1 Å². The average molecular weight is 638 g/mol. The van der Waals surface area contributed by atoms with E-state index in [9.17, 15) is 9.59 Å². The highest BCUT2D eigenvalue weighted by atomic mass is 16.6. The minimum atomic E-state index is -0.548. The number of carbonyl (C=O) groups is 2. The summed E-state index contributed by atoms with van der Waals surface area (Å²) in [6, 6.07) is 15.4. The third-order valence-corrected chi connectivity index (χ3v) is 8.40. The van der Waals surface area contributed by atoms with E-state index in [1.54, 1.807) is 17.3 Å². The first-order valence-electron chi connectivity index (χ1n) is 16.4. The Bertz CT molecular complexity index is 1750. The van der Waals surface area contributed by atoms with Gasteiger partial charge in [-0.1, -0.05) is 24.3 Å². The molecule has 1 atom stereocenters. The summed E-state index contributed by atoms with van der Waals surface area (Å²) in [7, 11) is 0. The molecule has 0 saturated carbocycles. The maximum Gasteiger partial charge on any atom is 0.410 e. The quantitative estimate of drug-likeness (QED) is 0.221. The summed E-state index contributed by atoms with van der Waals surface area (Å²) >= 11 is 0. The van der Waals surface area contributed by atoms with Gasteiger partial charge < -0.3 is 29.9 Å². The van der Waals surface area contributed by atoms with Gasteiger partial charge in [-0.2, -0.15) is 0 Å². The predicted molar refractivity (Wildman–Crippen MR) is 183 cm³/mol. The molecular formula is C36H43N7O4. The van der Waals surface area contributed by atoms with Crippen LogP contribution in [0.5, 0.6) is 11.6 Å². The molecule has 2 aromatic carbocycles. The number of nitrogens with zero attached hydrogens (tertiary/aromatic N) is 5. The number of pyridine rings is 1. The topological polar surface area (TPSA) is 122 Å². The van der Waals surface area contributed by atoms with Gasteiger partial charge in [-0.25, -0.2) is 24.5 Å². The van der Waals surface area contributed by atoms with Crippen LogP contribution in [-0.2, 0) is 4.74 Å². The van der Waals surface area contributed by atoms with Crippen molar-refractivity contribution in [1.29, 1.82) is 0 Å². The Balaban J connectivity index is 1.22. The van der Waals surface area contributed by atoms with Crippen LogP contribution in [0, 0.1) is 6.92 Å². The Hall–Kier alpha value is -4.93. The van der Waals surface area contributed by atoms with Crippen molar-refractivity contribution in [3.63, 3.8) is 0 Å². The number of hydrogen-bond acceptors (Lipinski definition) is 8. The summed E-state index contributed by atoms with van der Waals surface area (Å²) < 4.78 is 12.2. The number of urea groups is 1. The number of ether oxygens (including phenoxy) is 2. The molecule has 2 aromatic heterocycles. The number of carbonyl (C=O) groups excluding carboxylic acids is 2. The zero-order valence-corrected chi connectivity index (χ0v) is 27.6. The van der Waals surface area contributed by atoms with Crippen LogP contribution >= 0.6 is 0 Å². The number of rotatable bonds is 6. The molecule has 47 heavy (non-hydrogen) atoms. The van der Waals surface area contributed by atoms with Crippen molar-refractivity contribution in [3.05, 3.63) is 66.5 Å². The minimum absolute atomic E-state index is 0.0147. The van der Waals surface area contributed by atoms with Gasteiger partial charge in [-0.05, 0) is 89.6 Å². The van der Waals surface area contributed by atoms with E-state index in [0.29, 0.717) is 41.9 Å². The summed E-state index contributed by atoms with van der Waals surface area (Å²) in [6.07, 6.45) is 8.05. The van der Waals surface area contributed by atoms with E-state index in [1.165, 1.54) is 0 Å². The molecule has 0 aliphatic carbocycles. The minimum Gasteiger partial charge on any atom is -0.444 e. The first kappa shape index (κ1) is 32.0. The van der Waals surface area contributed by atoms with Crippen molar-refractivity contribution < 1.29 is 19.1 Å². The van der Waals surface area contributed by atoms with Crippen LogP contribution in [0.2, 0.25) is 0 Å². The zero-order valence-electron chi connectivity index (χ0n) is 27.6. The van der Waals surface area contributed by atoms with Gasteiger partial charge in [0.25, 0.3) is 0 Å². The number of anilines is 2. The number of aromatic nitrogens is 3. The molecule has 2 saturated heterocycles. The van der Waals surface area contributed by atoms with Gasteiger partial charge in [0.2, 0.25) is 11.8 Å². The van der Waals surface area contributed by atoms with E-state index in [2.05, 4.69) is 20.6 Å². The number of likely N-dealkylation sites (tertiary alicyclic amines) is 2. The third kappa shape index (κ3) is 7.73. The van der Waals surface area contributed by atoms with Crippen LogP contribution in [0.4, 0.5) is 21.2 Å². The number of nitrogens with one attached hydrogen (secondary N) is 2. The van der Waals surface area contributed by atoms with Crippen LogP contribution in [-0.4, -0.2) is 74.7 Å². The van der Waals surface area contributed by atoms with Crippen LogP contribution in [0.3, 0.4) is 0 Å². The molecule has 3 amide bonds. The highest BCUT2D eigenvalue weighted by Gasteiger charge is 2.28. The molecule has 2 aliphatic heterocycles. The lowest BCUT2D eigenvalue weighted by molar-refractivity contribution is 0.0206. The smallest absolute Gasteiger partial charge is 0.410 e. The molecular weight excluding hydrogens is 594 g/mol. The van der Waals surface area contributed by atoms with Gasteiger partial charge in [0.1, 0.15) is 11.4 Å². The summed E-state index contributed by atoms with van der Waals surface area (Å²) in [6.45, 7) is 10.3. The first-order valence-corrected chi connectivity index (χ1v) is 16.4. The van der Waals surface area contributed by atoms with Gasteiger partial charge in [0.15, 0.2) is 0 Å². The predicted octanol–water partition coefficient (Wildman–Crippen LogP) is 7.62. The maximum atomic E-state index is 13.0. The fourth-order valence-corrected chi connectivity index (χ4v) is 6.09. The monoisotopic (exact) mass is 637 g/mol. The largest absolute Gasteiger partial charge is 0.444 e. The molecule has 11 nitrogen and oxygen atoms in total.